The van der Waals surface area contributed by atoms with Crippen molar-refractivity contribution in [2.75, 3.05) is 6.61 Å². The lowest BCUT2D eigenvalue weighted by atomic mass is 10.1. The molecule has 0 aliphatic heterocycles. The number of hydrogen-bond donors (Lipinski definition) is 2. The lowest BCUT2D eigenvalue weighted by molar-refractivity contribution is 0.243. The number of aliphatic hydroxyl groups excluding tert-OH is 1. The largest absolute Gasteiger partial charge is 0.395 e. The second-order valence-electron chi connectivity index (χ2n) is 3.65. The van der Waals surface area contributed by atoms with Crippen LogP contribution in [0.2, 0.25) is 5.02 Å². The van der Waals surface area contributed by atoms with E-state index < -0.39 is 5.82 Å². The fourth-order valence-electron chi connectivity index (χ4n) is 1.36. The van der Waals surface area contributed by atoms with Crippen molar-refractivity contribution in [1.82, 2.24) is 5.32 Å². The van der Waals surface area contributed by atoms with Gasteiger partial charge in [-0.1, -0.05) is 17.7 Å². The van der Waals surface area contributed by atoms with Crippen molar-refractivity contribution < 1.29 is 9.50 Å². The zero-order valence-electron chi connectivity index (χ0n) is 8.80. The molecule has 2 N–H and O–H groups in total. The Balaban J connectivity index is 2.73. The third-order valence-electron chi connectivity index (χ3n) is 2.25. The van der Waals surface area contributed by atoms with E-state index in [4.69, 9.17) is 16.7 Å². The quantitative estimate of drug-likeness (QED) is 0.835. The van der Waals surface area contributed by atoms with Crippen LogP contribution in [0.25, 0.3) is 0 Å². The van der Waals surface area contributed by atoms with Crippen LogP contribution in [-0.2, 0) is 0 Å². The highest BCUT2D eigenvalue weighted by molar-refractivity contribution is 6.30. The van der Waals surface area contributed by atoms with E-state index in [1.807, 2.05) is 13.8 Å². The maximum absolute atomic E-state index is 12.9. The van der Waals surface area contributed by atoms with E-state index in [2.05, 4.69) is 5.32 Å². The van der Waals surface area contributed by atoms with Gasteiger partial charge in [0.05, 0.1) is 11.6 Å². The van der Waals surface area contributed by atoms with Crippen LogP contribution in [-0.4, -0.2) is 17.8 Å². The van der Waals surface area contributed by atoms with E-state index in [0.717, 1.165) is 5.56 Å². The van der Waals surface area contributed by atoms with Crippen molar-refractivity contribution in [2.45, 2.75) is 25.9 Å². The molecular weight excluding hydrogens is 217 g/mol. The molecule has 0 fully saturated rings. The van der Waals surface area contributed by atoms with Gasteiger partial charge in [0, 0.05) is 12.1 Å². The maximum atomic E-state index is 12.9. The molecule has 84 valence electrons. The van der Waals surface area contributed by atoms with Gasteiger partial charge in [-0.2, -0.15) is 0 Å². The molecule has 0 aliphatic rings. The van der Waals surface area contributed by atoms with Crippen molar-refractivity contribution in [1.29, 1.82) is 0 Å². The van der Waals surface area contributed by atoms with Crippen LogP contribution in [0.15, 0.2) is 18.2 Å². The summed E-state index contributed by atoms with van der Waals surface area (Å²) in [5.41, 5.74) is 0.904. The predicted octanol–water partition coefficient (Wildman–Crippen LogP) is 2.51. The number of halogens is 2. The average Bonchev–Trinajstić information content (AvgIpc) is 2.21. The highest BCUT2D eigenvalue weighted by Crippen LogP contribution is 2.20. The molecule has 0 radical (unpaired) electrons. The molecule has 2 nitrogen and oxygen atoms in total. The molecule has 1 aromatic carbocycles. The fraction of sp³-hybridized carbons (Fsp3) is 0.455. The summed E-state index contributed by atoms with van der Waals surface area (Å²) in [7, 11) is 0. The summed E-state index contributed by atoms with van der Waals surface area (Å²) in [4.78, 5) is 0. The smallest absolute Gasteiger partial charge is 0.141 e. The first-order chi connectivity index (χ1) is 7.04. The monoisotopic (exact) mass is 231 g/mol. The Kier molecular flexibility index (Phi) is 4.51. The van der Waals surface area contributed by atoms with Crippen LogP contribution >= 0.6 is 11.6 Å². The van der Waals surface area contributed by atoms with Crippen molar-refractivity contribution in [3.05, 3.63) is 34.6 Å². The van der Waals surface area contributed by atoms with Crippen LogP contribution in [0, 0.1) is 5.82 Å². The lowest BCUT2D eigenvalue weighted by Crippen LogP contribution is -2.31. The van der Waals surface area contributed by atoms with Gasteiger partial charge in [0.1, 0.15) is 5.82 Å². The van der Waals surface area contributed by atoms with Crippen LogP contribution in [0.3, 0.4) is 0 Å². The Morgan fingerprint density at radius 2 is 2.13 bits per heavy atom. The molecule has 0 spiro atoms. The van der Waals surface area contributed by atoms with Crippen LogP contribution in [0.5, 0.6) is 0 Å². The van der Waals surface area contributed by atoms with E-state index in [0.29, 0.717) is 0 Å². The fourth-order valence-corrected chi connectivity index (χ4v) is 1.55. The van der Waals surface area contributed by atoms with Gasteiger partial charge in [-0.05, 0) is 31.5 Å². The van der Waals surface area contributed by atoms with Gasteiger partial charge < -0.3 is 10.4 Å². The van der Waals surface area contributed by atoms with Crippen LogP contribution < -0.4 is 5.32 Å². The molecular formula is C11H15ClFNO. The molecule has 0 saturated heterocycles. The topological polar surface area (TPSA) is 32.3 Å². The summed E-state index contributed by atoms with van der Waals surface area (Å²) in [5, 5.41) is 12.2. The van der Waals surface area contributed by atoms with Gasteiger partial charge in [-0.15, -0.1) is 0 Å². The molecule has 0 aliphatic carbocycles. The van der Waals surface area contributed by atoms with Gasteiger partial charge in [0.25, 0.3) is 0 Å². The van der Waals surface area contributed by atoms with E-state index >= 15 is 0 Å². The highest BCUT2D eigenvalue weighted by atomic mass is 35.5. The predicted molar refractivity (Wildman–Crippen MR) is 59.5 cm³/mol. The van der Waals surface area contributed by atoms with Crippen molar-refractivity contribution >= 4 is 11.6 Å². The molecule has 1 aromatic rings. The van der Waals surface area contributed by atoms with Gasteiger partial charge in [0.2, 0.25) is 0 Å². The number of aliphatic hydroxyl groups is 1. The lowest BCUT2D eigenvalue weighted by Gasteiger charge is -2.18. The first-order valence-corrected chi connectivity index (χ1v) is 5.24. The average molecular weight is 232 g/mol. The molecule has 0 saturated carbocycles. The summed E-state index contributed by atoms with van der Waals surface area (Å²) in [6.45, 7) is 3.89. The first kappa shape index (κ1) is 12.4. The normalized spacial score (nSPS) is 15.0. The second kappa shape index (κ2) is 5.45. The Morgan fingerprint density at radius 3 is 2.67 bits per heavy atom. The second-order valence-corrected chi connectivity index (χ2v) is 4.05. The SMILES string of the molecule is C[C@H](CO)N[C@H](C)c1ccc(F)c(Cl)c1. The third-order valence-corrected chi connectivity index (χ3v) is 2.54. The van der Waals surface area contributed by atoms with Gasteiger partial charge >= 0.3 is 0 Å². The number of rotatable bonds is 4. The van der Waals surface area contributed by atoms with E-state index in [1.54, 1.807) is 12.1 Å². The van der Waals surface area contributed by atoms with Gasteiger partial charge in [-0.25, -0.2) is 4.39 Å². The molecule has 4 heteroatoms. The minimum Gasteiger partial charge on any atom is -0.395 e. The first-order valence-electron chi connectivity index (χ1n) is 4.86. The molecule has 0 amide bonds. The highest BCUT2D eigenvalue weighted by Gasteiger charge is 2.10. The molecule has 1 rings (SSSR count). The maximum Gasteiger partial charge on any atom is 0.141 e. The Labute approximate surface area is 94.1 Å². The van der Waals surface area contributed by atoms with Crippen molar-refractivity contribution in [3.8, 4) is 0 Å². The van der Waals surface area contributed by atoms with E-state index in [-0.39, 0.29) is 23.7 Å². The van der Waals surface area contributed by atoms with E-state index in [1.165, 1.54) is 6.07 Å². The summed E-state index contributed by atoms with van der Waals surface area (Å²) >= 11 is 5.68. The van der Waals surface area contributed by atoms with E-state index in [9.17, 15) is 4.39 Å². The molecule has 0 heterocycles. The summed E-state index contributed by atoms with van der Waals surface area (Å²) < 4.78 is 12.9. The van der Waals surface area contributed by atoms with Gasteiger partial charge in [0.15, 0.2) is 0 Å². The minimum absolute atomic E-state index is 0.00354. The van der Waals surface area contributed by atoms with Crippen molar-refractivity contribution in [3.63, 3.8) is 0 Å². The molecule has 0 bridgehead atoms. The van der Waals surface area contributed by atoms with Crippen molar-refractivity contribution in [2.24, 2.45) is 0 Å². The molecule has 0 unspecified atom stereocenters. The Bertz CT molecular complexity index is 332. The molecule has 2 atom stereocenters. The number of hydrogen-bond acceptors (Lipinski definition) is 2. The summed E-state index contributed by atoms with van der Waals surface area (Å²) in [6.07, 6.45) is 0. The molecule has 0 aromatic heterocycles. The summed E-state index contributed by atoms with van der Waals surface area (Å²) in [6, 6.07) is 4.66. The Hall–Kier alpha value is -0.640. The summed E-state index contributed by atoms with van der Waals surface area (Å²) in [5.74, 6) is -0.414. The third kappa shape index (κ3) is 3.45. The zero-order chi connectivity index (χ0) is 11.4. The zero-order valence-corrected chi connectivity index (χ0v) is 9.55. The van der Waals surface area contributed by atoms with Crippen LogP contribution in [0.1, 0.15) is 25.5 Å². The van der Waals surface area contributed by atoms with Crippen LogP contribution in [0.4, 0.5) is 4.39 Å². The standard InChI is InChI=1S/C11H15ClFNO/c1-7(6-15)14-8(2)9-3-4-11(13)10(12)5-9/h3-5,7-8,14-15H,6H2,1-2H3/t7-,8-/m1/s1. The number of benzene rings is 1. The molecule has 15 heavy (non-hydrogen) atoms. The minimum atomic E-state index is -0.414. The number of nitrogens with one attached hydrogen (secondary N) is 1. The Morgan fingerprint density at radius 1 is 1.47 bits per heavy atom. The van der Waals surface area contributed by atoms with Gasteiger partial charge in [-0.3, -0.25) is 0 Å².